The van der Waals surface area contributed by atoms with Crippen LogP contribution in [-0.4, -0.2) is 23.2 Å². The van der Waals surface area contributed by atoms with E-state index in [-0.39, 0.29) is 24.4 Å². The Kier molecular flexibility index (Phi) is 3.59. The molecule has 0 radical (unpaired) electrons. The molecule has 1 saturated carbocycles. The van der Waals surface area contributed by atoms with E-state index in [2.05, 4.69) is 25.7 Å². The average Bonchev–Trinajstić information content (AvgIpc) is 3.08. The lowest BCUT2D eigenvalue weighted by Gasteiger charge is -2.38. The van der Waals surface area contributed by atoms with Gasteiger partial charge in [-0.15, -0.1) is 0 Å². The molecule has 122 valence electrons. The minimum absolute atomic E-state index is 0.0246. The van der Waals surface area contributed by atoms with Gasteiger partial charge < -0.3 is 0 Å². The van der Waals surface area contributed by atoms with Crippen molar-refractivity contribution in [2.45, 2.75) is 69.6 Å². The maximum atomic E-state index is 13.6. The quantitative estimate of drug-likeness (QED) is 0.724. The summed E-state index contributed by atoms with van der Waals surface area (Å²) in [4.78, 5) is 2.36. The topological polar surface area (TPSA) is 3.24 Å². The Labute approximate surface area is 130 Å². The maximum Gasteiger partial charge on any atom is 0.398 e. The molecule has 0 spiro atoms. The first-order valence-corrected chi connectivity index (χ1v) is 8.10. The van der Waals surface area contributed by atoms with Crippen molar-refractivity contribution in [1.29, 1.82) is 0 Å². The molecule has 0 bridgehead atoms. The van der Waals surface area contributed by atoms with Crippen molar-refractivity contribution in [1.82, 2.24) is 4.90 Å². The highest BCUT2D eigenvalue weighted by atomic mass is 19.4. The molecule has 0 aromatic heterocycles. The van der Waals surface area contributed by atoms with Crippen LogP contribution in [-0.2, 0) is 5.41 Å². The summed E-state index contributed by atoms with van der Waals surface area (Å²) in [5.41, 5.74) is -0.202. The second-order valence-corrected chi connectivity index (χ2v) is 7.69. The second kappa shape index (κ2) is 4.98. The monoisotopic (exact) mass is 311 g/mol. The van der Waals surface area contributed by atoms with Crippen molar-refractivity contribution >= 4 is 0 Å². The smallest absolute Gasteiger partial charge is 0.291 e. The van der Waals surface area contributed by atoms with Gasteiger partial charge in [0.15, 0.2) is 0 Å². The fourth-order valence-electron chi connectivity index (χ4n) is 3.95. The molecule has 2 fully saturated rings. The number of likely N-dealkylation sites (tertiary alicyclic amines) is 1. The summed E-state index contributed by atoms with van der Waals surface area (Å²) in [5.74, 6) is 0. The van der Waals surface area contributed by atoms with Gasteiger partial charge in [0.2, 0.25) is 0 Å². The molecule has 1 aliphatic heterocycles. The Morgan fingerprint density at radius 1 is 1.09 bits per heavy atom. The highest BCUT2D eigenvalue weighted by Crippen LogP contribution is 2.60. The fraction of sp³-hybridized carbons (Fsp3) is 0.667. The third kappa shape index (κ3) is 2.45. The largest absolute Gasteiger partial charge is 0.398 e. The lowest BCUT2D eigenvalue weighted by Crippen LogP contribution is -2.41. The minimum Gasteiger partial charge on any atom is -0.291 e. The van der Waals surface area contributed by atoms with Gasteiger partial charge in [-0.25, -0.2) is 0 Å². The second-order valence-electron chi connectivity index (χ2n) is 7.69. The summed E-state index contributed by atoms with van der Waals surface area (Å²) in [7, 11) is 0. The zero-order chi connectivity index (χ0) is 16.2. The van der Waals surface area contributed by atoms with Crippen LogP contribution in [0.1, 0.15) is 63.6 Å². The molecule has 1 atom stereocenters. The predicted octanol–water partition coefficient (Wildman–Crippen LogP) is 5.22. The number of nitrogens with zero attached hydrogens (tertiary/aromatic N) is 1. The van der Waals surface area contributed by atoms with E-state index in [1.807, 2.05) is 12.1 Å². The standard InChI is InChI=1S/C18H24F3N/c1-16(2,3)22-12-6-9-15(22)13-7-4-5-8-14(13)17(10-11-17)18(19,20)21/h4-5,7-8,15H,6,9-12H2,1-3H3. The van der Waals surface area contributed by atoms with Gasteiger partial charge in [0.05, 0.1) is 5.41 Å². The average molecular weight is 311 g/mol. The summed E-state index contributed by atoms with van der Waals surface area (Å²) < 4.78 is 40.7. The van der Waals surface area contributed by atoms with Crippen LogP contribution in [0.3, 0.4) is 0 Å². The van der Waals surface area contributed by atoms with Crippen LogP contribution in [0, 0.1) is 0 Å². The van der Waals surface area contributed by atoms with E-state index in [1.165, 1.54) is 0 Å². The number of hydrogen-bond acceptors (Lipinski definition) is 1. The molecule has 4 heteroatoms. The number of rotatable bonds is 2. The summed E-state index contributed by atoms with van der Waals surface area (Å²) in [6.07, 6.45) is -1.68. The molecule has 0 N–H and O–H groups in total. The number of alkyl halides is 3. The Morgan fingerprint density at radius 3 is 2.27 bits per heavy atom. The van der Waals surface area contributed by atoms with Crippen molar-refractivity contribution < 1.29 is 13.2 Å². The molecule has 22 heavy (non-hydrogen) atoms. The molecule has 3 rings (SSSR count). The summed E-state index contributed by atoms with van der Waals surface area (Å²) in [6, 6.07) is 7.35. The molecular weight excluding hydrogens is 287 g/mol. The Balaban J connectivity index is 2.03. The predicted molar refractivity (Wildman–Crippen MR) is 81.8 cm³/mol. The number of hydrogen-bond donors (Lipinski definition) is 0. The Morgan fingerprint density at radius 2 is 1.73 bits per heavy atom. The normalized spacial score (nSPS) is 25.5. The lowest BCUT2D eigenvalue weighted by atomic mass is 9.86. The van der Waals surface area contributed by atoms with Crippen LogP contribution < -0.4 is 0 Å². The van der Waals surface area contributed by atoms with Crippen molar-refractivity contribution in [3.05, 3.63) is 35.4 Å². The van der Waals surface area contributed by atoms with Gasteiger partial charge in [0, 0.05) is 11.6 Å². The molecule has 1 heterocycles. The van der Waals surface area contributed by atoms with E-state index in [1.54, 1.807) is 12.1 Å². The third-order valence-electron chi connectivity index (χ3n) is 5.24. The molecule has 1 aromatic rings. The van der Waals surface area contributed by atoms with Gasteiger partial charge in [-0.3, -0.25) is 4.90 Å². The van der Waals surface area contributed by atoms with Crippen molar-refractivity contribution in [3.63, 3.8) is 0 Å². The van der Waals surface area contributed by atoms with Crippen LogP contribution in [0.4, 0.5) is 13.2 Å². The van der Waals surface area contributed by atoms with Gasteiger partial charge in [-0.05, 0) is 64.1 Å². The molecule has 2 aliphatic rings. The van der Waals surface area contributed by atoms with E-state index < -0.39 is 11.6 Å². The number of halogens is 3. The van der Waals surface area contributed by atoms with E-state index >= 15 is 0 Å². The van der Waals surface area contributed by atoms with Crippen molar-refractivity contribution in [2.24, 2.45) is 0 Å². The zero-order valence-electron chi connectivity index (χ0n) is 13.5. The highest BCUT2D eigenvalue weighted by Gasteiger charge is 2.65. The van der Waals surface area contributed by atoms with E-state index in [9.17, 15) is 13.2 Å². The van der Waals surface area contributed by atoms with Crippen LogP contribution in [0.15, 0.2) is 24.3 Å². The maximum absolute atomic E-state index is 13.6. The molecule has 1 aromatic carbocycles. The summed E-state index contributed by atoms with van der Waals surface area (Å²) in [6.45, 7) is 7.39. The van der Waals surface area contributed by atoms with Gasteiger partial charge in [0.1, 0.15) is 0 Å². The fourth-order valence-corrected chi connectivity index (χ4v) is 3.95. The third-order valence-corrected chi connectivity index (χ3v) is 5.24. The van der Waals surface area contributed by atoms with Crippen molar-refractivity contribution in [3.8, 4) is 0 Å². The molecule has 1 aliphatic carbocycles. The first-order chi connectivity index (χ1) is 10.2. The first kappa shape index (κ1) is 15.9. The molecule has 0 amide bonds. The lowest BCUT2D eigenvalue weighted by molar-refractivity contribution is -0.160. The van der Waals surface area contributed by atoms with Gasteiger partial charge in [0.25, 0.3) is 0 Å². The zero-order valence-corrected chi connectivity index (χ0v) is 13.5. The first-order valence-electron chi connectivity index (χ1n) is 8.10. The van der Waals surface area contributed by atoms with Crippen LogP contribution >= 0.6 is 0 Å². The SMILES string of the molecule is CC(C)(C)N1CCCC1c1ccccc1C1(C(F)(F)F)CC1. The van der Waals surface area contributed by atoms with E-state index in [0.29, 0.717) is 5.56 Å². The van der Waals surface area contributed by atoms with Crippen LogP contribution in [0.2, 0.25) is 0 Å². The molecule has 1 saturated heterocycles. The van der Waals surface area contributed by atoms with Gasteiger partial charge in [-0.1, -0.05) is 24.3 Å². The minimum atomic E-state index is -4.14. The molecule has 1 unspecified atom stereocenters. The Bertz CT molecular complexity index is 552. The van der Waals surface area contributed by atoms with Gasteiger partial charge in [-0.2, -0.15) is 13.2 Å². The van der Waals surface area contributed by atoms with Gasteiger partial charge >= 0.3 is 6.18 Å². The summed E-state index contributed by atoms with van der Waals surface area (Å²) >= 11 is 0. The highest BCUT2D eigenvalue weighted by molar-refractivity contribution is 5.42. The number of benzene rings is 1. The Hall–Kier alpha value is -1.03. The van der Waals surface area contributed by atoms with Crippen LogP contribution in [0.25, 0.3) is 0 Å². The van der Waals surface area contributed by atoms with Crippen molar-refractivity contribution in [2.75, 3.05) is 6.54 Å². The molecule has 1 nitrogen and oxygen atoms in total. The summed E-state index contributed by atoms with van der Waals surface area (Å²) in [5, 5.41) is 0. The van der Waals surface area contributed by atoms with E-state index in [0.717, 1.165) is 24.9 Å². The van der Waals surface area contributed by atoms with E-state index in [4.69, 9.17) is 0 Å². The van der Waals surface area contributed by atoms with Crippen LogP contribution in [0.5, 0.6) is 0 Å². The molecular formula is C18H24F3N.